The number of halogens is 1. The minimum absolute atomic E-state index is 0.0895. The molecule has 7 nitrogen and oxygen atoms in total. The molecule has 9 heteroatoms. The number of ether oxygens (including phenoxy) is 1. The molecule has 3 heterocycles. The highest BCUT2D eigenvalue weighted by Crippen LogP contribution is 2.33. The number of aromatic nitrogens is 2. The number of rotatable bonds is 4. The molecule has 1 aliphatic rings. The fourth-order valence-corrected chi connectivity index (χ4v) is 4.88. The van der Waals surface area contributed by atoms with Gasteiger partial charge < -0.3 is 4.74 Å². The van der Waals surface area contributed by atoms with Crippen LogP contribution >= 0.6 is 22.9 Å². The molecule has 0 aliphatic carbocycles. The van der Waals surface area contributed by atoms with E-state index in [0.29, 0.717) is 22.4 Å². The van der Waals surface area contributed by atoms with E-state index in [0.717, 1.165) is 17.0 Å². The van der Waals surface area contributed by atoms with Crippen LogP contribution in [0.5, 0.6) is 0 Å². The lowest BCUT2D eigenvalue weighted by atomic mass is 10.2. The molecule has 0 radical (unpaired) electrons. The van der Waals surface area contributed by atoms with Crippen LogP contribution in [0.4, 0.5) is 10.7 Å². The van der Waals surface area contributed by atoms with E-state index in [1.807, 2.05) is 80.9 Å². The van der Waals surface area contributed by atoms with Gasteiger partial charge in [0.25, 0.3) is 0 Å². The molecular formula is C24H27ClN4O3S. The second kappa shape index (κ2) is 9.19. The van der Waals surface area contributed by atoms with Gasteiger partial charge in [-0.15, -0.1) is 11.3 Å². The SMILES string of the molecule is CC1CCC(C(=O)Nc2nc(-c3ccc(Cl)s3)cn2-c2ccccc2)N1C(=O)OC(C)(C)C. The summed E-state index contributed by atoms with van der Waals surface area (Å²) < 4.78 is 8.05. The zero-order valence-electron chi connectivity index (χ0n) is 19.0. The van der Waals surface area contributed by atoms with Crippen molar-refractivity contribution in [3.63, 3.8) is 0 Å². The first-order valence-corrected chi connectivity index (χ1v) is 12.0. The van der Waals surface area contributed by atoms with Gasteiger partial charge in [0, 0.05) is 17.9 Å². The molecule has 33 heavy (non-hydrogen) atoms. The number of para-hydroxylation sites is 1. The van der Waals surface area contributed by atoms with Gasteiger partial charge in [0.15, 0.2) is 0 Å². The Morgan fingerprint density at radius 2 is 1.88 bits per heavy atom. The number of hydrogen-bond donors (Lipinski definition) is 1. The number of amides is 2. The number of nitrogens with one attached hydrogen (secondary N) is 1. The Morgan fingerprint density at radius 1 is 1.15 bits per heavy atom. The minimum atomic E-state index is -0.638. The summed E-state index contributed by atoms with van der Waals surface area (Å²) in [6.07, 6.45) is 2.68. The number of benzene rings is 1. The molecule has 1 aromatic carbocycles. The van der Waals surface area contributed by atoms with Gasteiger partial charge in [0.1, 0.15) is 17.3 Å². The first-order valence-electron chi connectivity index (χ1n) is 10.8. The topological polar surface area (TPSA) is 76.5 Å². The quantitative estimate of drug-likeness (QED) is 0.492. The summed E-state index contributed by atoms with van der Waals surface area (Å²) in [5.74, 6) is 0.0955. The van der Waals surface area contributed by atoms with Crippen LogP contribution in [0.1, 0.15) is 40.5 Å². The Kier molecular flexibility index (Phi) is 6.50. The van der Waals surface area contributed by atoms with E-state index in [1.54, 1.807) is 0 Å². The smallest absolute Gasteiger partial charge is 0.411 e. The van der Waals surface area contributed by atoms with Crippen LogP contribution in [0, 0.1) is 0 Å². The van der Waals surface area contributed by atoms with Gasteiger partial charge in [-0.2, -0.15) is 0 Å². The second-order valence-electron chi connectivity index (χ2n) is 9.08. The minimum Gasteiger partial charge on any atom is -0.444 e. The molecule has 1 fully saturated rings. The van der Waals surface area contributed by atoms with Crippen LogP contribution in [-0.4, -0.2) is 44.1 Å². The molecule has 2 unspecified atom stereocenters. The van der Waals surface area contributed by atoms with Crippen LogP contribution in [0.15, 0.2) is 48.7 Å². The third-order valence-electron chi connectivity index (χ3n) is 5.38. The highest BCUT2D eigenvalue weighted by atomic mass is 35.5. The molecule has 1 N–H and O–H groups in total. The molecule has 2 atom stereocenters. The van der Waals surface area contributed by atoms with Gasteiger partial charge in [-0.25, -0.2) is 9.78 Å². The predicted octanol–water partition coefficient (Wildman–Crippen LogP) is 5.98. The van der Waals surface area contributed by atoms with Gasteiger partial charge >= 0.3 is 6.09 Å². The molecular weight excluding hydrogens is 460 g/mol. The van der Waals surface area contributed by atoms with E-state index in [-0.39, 0.29) is 11.9 Å². The van der Waals surface area contributed by atoms with Crippen LogP contribution in [0.3, 0.4) is 0 Å². The Labute approximate surface area is 202 Å². The summed E-state index contributed by atoms with van der Waals surface area (Å²) in [6, 6.07) is 12.6. The summed E-state index contributed by atoms with van der Waals surface area (Å²) in [6.45, 7) is 7.38. The first kappa shape index (κ1) is 23.3. The van der Waals surface area contributed by atoms with E-state index >= 15 is 0 Å². The van der Waals surface area contributed by atoms with E-state index in [9.17, 15) is 9.59 Å². The molecule has 3 aromatic rings. The zero-order chi connectivity index (χ0) is 23.8. The lowest BCUT2D eigenvalue weighted by Crippen LogP contribution is -2.48. The Balaban J connectivity index is 1.63. The Bertz CT molecular complexity index is 1150. The highest BCUT2D eigenvalue weighted by molar-refractivity contribution is 7.19. The number of carbonyl (C=O) groups is 2. The molecule has 0 saturated carbocycles. The van der Waals surface area contributed by atoms with Gasteiger partial charge in [-0.1, -0.05) is 29.8 Å². The molecule has 1 aliphatic heterocycles. The van der Waals surface area contributed by atoms with Crippen molar-refractivity contribution in [2.45, 2.75) is 58.2 Å². The van der Waals surface area contributed by atoms with Gasteiger partial charge in [0.2, 0.25) is 11.9 Å². The van der Waals surface area contributed by atoms with Crippen molar-refractivity contribution < 1.29 is 14.3 Å². The average Bonchev–Trinajstić information content (AvgIpc) is 3.45. The second-order valence-corrected chi connectivity index (χ2v) is 10.8. The maximum absolute atomic E-state index is 13.3. The molecule has 0 bridgehead atoms. The number of thiophene rings is 1. The highest BCUT2D eigenvalue weighted by Gasteiger charge is 2.41. The summed E-state index contributed by atoms with van der Waals surface area (Å²) >= 11 is 7.53. The molecule has 174 valence electrons. The fraction of sp³-hybridized carbons (Fsp3) is 0.375. The van der Waals surface area contributed by atoms with Crippen LogP contribution in [0.2, 0.25) is 4.34 Å². The summed E-state index contributed by atoms with van der Waals surface area (Å²) in [5.41, 5.74) is 0.925. The normalized spacial score (nSPS) is 18.4. The lowest BCUT2D eigenvalue weighted by molar-refractivity contribution is -0.120. The molecule has 1 saturated heterocycles. The first-order chi connectivity index (χ1) is 15.6. The van der Waals surface area contributed by atoms with E-state index in [1.165, 1.54) is 16.2 Å². The van der Waals surface area contributed by atoms with E-state index < -0.39 is 17.7 Å². The number of hydrogen-bond acceptors (Lipinski definition) is 5. The van der Waals surface area contributed by atoms with Crippen LogP contribution < -0.4 is 5.32 Å². The maximum atomic E-state index is 13.3. The number of nitrogens with zero attached hydrogens (tertiary/aromatic N) is 3. The van der Waals surface area contributed by atoms with Gasteiger partial charge in [0.05, 0.1) is 9.21 Å². The van der Waals surface area contributed by atoms with Crippen molar-refractivity contribution in [3.05, 3.63) is 53.0 Å². The summed E-state index contributed by atoms with van der Waals surface area (Å²) in [5, 5.41) is 2.95. The van der Waals surface area contributed by atoms with Crippen LogP contribution in [0.25, 0.3) is 16.3 Å². The molecule has 2 amide bonds. The fourth-order valence-electron chi connectivity index (χ4n) is 3.88. The van der Waals surface area contributed by atoms with Crippen molar-refractivity contribution in [2.24, 2.45) is 0 Å². The Hall–Kier alpha value is -2.84. The molecule has 2 aromatic heterocycles. The lowest BCUT2D eigenvalue weighted by Gasteiger charge is -2.30. The van der Waals surface area contributed by atoms with E-state index in [2.05, 4.69) is 10.3 Å². The van der Waals surface area contributed by atoms with Crippen molar-refractivity contribution in [3.8, 4) is 16.3 Å². The molecule has 4 rings (SSSR count). The summed E-state index contributed by atoms with van der Waals surface area (Å²) in [7, 11) is 0. The largest absolute Gasteiger partial charge is 0.444 e. The number of carbonyl (C=O) groups excluding carboxylic acids is 2. The summed E-state index contributed by atoms with van der Waals surface area (Å²) in [4.78, 5) is 33.3. The zero-order valence-corrected chi connectivity index (χ0v) is 20.6. The van der Waals surface area contributed by atoms with Crippen molar-refractivity contribution in [1.82, 2.24) is 14.5 Å². The van der Waals surface area contributed by atoms with E-state index in [4.69, 9.17) is 16.3 Å². The van der Waals surface area contributed by atoms with Gasteiger partial charge in [-0.05, 0) is 64.8 Å². The maximum Gasteiger partial charge on any atom is 0.411 e. The Morgan fingerprint density at radius 3 is 2.52 bits per heavy atom. The monoisotopic (exact) mass is 486 g/mol. The predicted molar refractivity (Wildman–Crippen MR) is 131 cm³/mol. The van der Waals surface area contributed by atoms with Crippen molar-refractivity contribution >= 4 is 40.9 Å². The van der Waals surface area contributed by atoms with Crippen molar-refractivity contribution in [1.29, 1.82) is 0 Å². The van der Waals surface area contributed by atoms with Gasteiger partial charge in [-0.3, -0.25) is 19.6 Å². The number of imidazole rings is 1. The molecule has 0 spiro atoms. The third kappa shape index (κ3) is 5.23. The third-order valence-corrected chi connectivity index (χ3v) is 6.63. The number of likely N-dealkylation sites (tertiary alicyclic amines) is 1. The average molecular weight is 487 g/mol. The number of anilines is 1. The van der Waals surface area contributed by atoms with Crippen LogP contribution in [-0.2, 0) is 9.53 Å². The standard InChI is InChI=1S/C24H27ClN4O3S/c1-15-10-11-18(29(15)23(31)32-24(2,3)4)21(30)27-22-26-17(19-12-13-20(25)33-19)14-28(22)16-8-6-5-7-9-16/h5-9,12-15,18H,10-11H2,1-4H3,(H,26,27,30). The van der Waals surface area contributed by atoms with Crippen molar-refractivity contribution in [2.75, 3.05) is 5.32 Å².